The lowest BCUT2D eigenvalue weighted by molar-refractivity contribution is 1.06. The average molecular weight is 164 g/mol. The smallest absolute Gasteiger partial charge is 0.138 e. The van der Waals surface area contributed by atoms with Gasteiger partial charge >= 0.3 is 0 Å². The Morgan fingerprint density at radius 2 is 2.25 bits per heavy atom. The third-order valence-electron chi connectivity index (χ3n) is 1.50. The lowest BCUT2D eigenvalue weighted by Gasteiger charge is -2.14. The average Bonchev–Trinajstić information content (AvgIpc) is 2.04. The largest absolute Gasteiger partial charge is 0.384 e. The van der Waals surface area contributed by atoms with Crippen LogP contribution in [-0.2, 0) is 0 Å². The molecule has 0 spiro atoms. The molecule has 0 saturated heterocycles. The number of aromatic nitrogens is 1. The number of nitrogens with one attached hydrogen (secondary N) is 1. The molecule has 1 aromatic heterocycles. The predicted molar refractivity (Wildman–Crippen MR) is 49.6 cm³/mol. The molecule has 4 heteroatoms. The number of anilines is 1. The van der Waals surface area contributed by atoms with Crippen LogP contribution in [0.4, 0.5) is 5.82 Å². The molecule has 64 valence electrons. The van der Waals surface area contributed by atoms with Crippen molar-refractivity contribution in [2.24, 2.45) is 5.73 Å². The van der Waals surface area contributed by atoms with Gasteiger partial charge in [0, 0.05) is 20.3 Å². The fraction of sp³-hybridized carbons (Fsp3) is 0.250. The van der Waals surface area contributed by atoms with Crippen molar-refractivity contribution >= 4 is 11.7 Å². The quantitative estimate of drug-likeness (QED) is 0.492. The number of pyridine rings is 1. The highest BCUT2D eigenvalue weighted by molar-refractivity contribution is 5.99. The second kappa shape index (κ2) is 3.21. The molecule has 1 rings (SSSR count). The predicted octanol–water partition coefficient (Wildman–Crippen LogP) is 0.432. The highest BCUT2D eigenvalue weighted by Crippen LogP contribution is 2.12. The van der Waals surface area contributed by atoms with E-state index in [1.54, 1.807) is 18.3 Å². The first kappa shape index (κ1) is 8.52. The molecule has 0 fully saturated rings. The van der Waals surface area contributed by atoms with Gasteiger partial charge in [0.2, 0.25) is 0 Å². The summed E-state index contributed by atoms with van der Waals surface area (Å²) in [7, 11) is 3.74. The summed E-state index contributed by atoms with van der Waals surface area (Å²) in [5.41, 5.74) is 6.04. The van der Waals surface area contributed by atoms with Crippen LogP contribution in [0.2, 0.25) is 0 Å². The summed E-state index contributed by atoms with van der Waals surface area (Å²) in [6.45, 7) is 0. The van der Waals surface area contributed by atoms with Gasteiger partial charge in [0.05, 0.1) is 5.56 Å². The van der Waals surface area contributed by atoms with E-state index in [1.807, 2.05) is 19.0 Å². The molecule has 0 aromatic carbocycles. The molecule has 0 atom stereocenters. The summed E-state index contributed by atoms with van der Waals surface area (Å²) in [4.78, 5) is 5.93. The normalized spacial score (nSPS) is 9.50. The topological polar surface area (TPSA) is 66.0 Å². The van der Waals surface area contributed by atoms with Gasteiger partial charge in [-0.15, -0.1) is 0 Å². The van der Waals surface area contributed by atoms with Gasteiger partial charge in [0.1, 0.15) is 11.7 Å². The maximum Gasteiger partial charge on any atom is 0.138 e. The molecule has 0 amide bonds. The number of nitrogen functional groups attached to an aromatic ring is 1. The van der Waals surface area contributed by atoms with Crippen molar-refractivity contribution in [3.63, 3.8) is 0 Å². The highest BCUT2D eigenvalue weighted by Gasteiger charge is 2.06. The number of amidine groups is 1. The van der Waals surface area contributed by atoms with Crippen LogP contribution >= 0.6 is 0 Å². The van der Waals surface area contributed by atoms with Gasteiger partial charge in [-0.05, 0) is 12.1 Å². The van der Waals surface area contributed by atoms with Crippen molar-refractivity contribution in [1.29, 1.82) is 5.41 Å². The van der Waals surface area contributed by atoms with Gasteiger partial charge in [-0.2, -0.15) is 0 Å². The summed E-state index contributed by atoms with van der Waals surface area (Å²) in [5, 5.41) is 7.28. The van der Waals surface area contributed by atoms with Crippen molar-refractivity contribution in [2.45, 2.75) is 0 Å². The Hall–Kier alpha value is -1.58. The minimum atomic E-state index is 0.0480. The lowest BCUT2D eigenvalue weighted by atomic mass is 10.2. The summed E-state index contributed by atoms with van der Waals surface area (Å²) in [5.74, 6) is 0.775. The molecule has 1 aromatic rings. The van der Waals surface area contributed by atoms with E-state index in [-0.39, 0.29) is 5.84 Å². The van der Waals surface area contributed by atoms with Gasteiger partial charge < -0.3 is 10.6 Å². The zero-order chi connectivity index (χ0) is 9.14. The molecule has 0 aliphatic rings. The van der Waals surface area contributed by atoms with Crippen LogP contribution in [0.15, 0.2) is 18.3 Å². The Labute approximate surface area is 71.5 Å². The number of hydrogen-bond acceptors (Lipinski definition) is 3. The summed E-state index contributed by atoms with van der Waals surface area (Å²) < 4.78 is 0. The molecule has 0 bridgehead atoms. The molecule has 0 aliphatic heterocycles. The third kappa shape index (κ3) is 1.53. The molecule has 0 radical (unpaired) electrons. The van der Waals surface area contributed by atoms with Gasteiger partial charge in [0.25, 0.3) is 0 Å². The molecule has 12 heavy (non-hydrogen) atoms. The zero-order valence-electron chi connectivity index (χ0n) is 7.20. The van der Waals surface area contributed by atoms with E-state index in [9.17, 15) is 0 Å². The molecule has 0 aliphatic carbocycles. The highest BCUT2D eigenvalue weighted by atomic mass is 15.1. The number of hydrogen-bond donors (Lipinski definition) is 2. The van der Waals surface area contributed by atoms with Gasteiger partial charge in [-0.25, -0.2) is 4.98 Å². The second-order valence-electron chi connectivity index (χ2n) is 2.68. The van der Waals surface area contributed by atoms with Crippen LogP contribution in [0.1, 0.15) is 5.56 Å². The standard InChI is InChI=1S/C8H12N4/c1-12(2)8-6(7(9)10)4-3-5-11-8/h3-5H,1-2H3,(H3,9,10). The van der Waals surface area contributed by atoms with E-state index < -0.39 is 0 Å². The van der Waals surface area contributed by atoms with Crippen LogP contribution in [-0.4, -0.2) is 24.9 Å². The maximum atomic E-state index is 7.28. The Kier molecular flexibility index (Phi) is 2.28. The van der Waals surface area contributed by atoms with E-state index in [1.165, 1.54) is 0 Å². The van der Waals surface area contributed by atoms with Crippen LogP contribution in [0.25, 0.3) is 0 Å². The Morgan fingerprint density at radius 3 is 2.67 bits per heavy atom. The van der Waals surface area contributed by atoms with Crippen LogP contribution in [0.3, 0.4) is 0 Å². The Balaban J connectivity index is 3.17. The zero-order valence-corrected chi connectivity index (χ0v) is 7.20. The second-order valence-corrected chi connectivity index (χ2v) is 2.68. The lowest BCUT2D eigenvalue weighted by Crippen LogP contribution is -2.19. The minimum Gasteiger partial charge on any atom is -0.384 e. The molecule has 0 saturated carbocycles. The molecule has 0 unspecified atom stereocenters. The van der Waals surface area contributed by atoms with Gasteiger partial charge in [-0.1, -0.05) is 0 Å². The number of nitrogens with zero attached hydrogens (tertiary/aromatic N) is 2. The SMILES string of the molecule is CN(C)c1ncccc1C(=N)N. The van der Waals surface area contributed by atoms with Gasteiger partial charge in [-0.3, -0.25) is 5.41 Å². The van der Waals surface area contributed by atoms with E-state index in [4.69, 9.17) is 11.1 Å². The summed E-state index contributed by atoms with van der Waals surface area (Å²) in [6.07, 6.45) is 1.68. The fourth-order valence-corrected chi connectivity index (χ4v) is 0.964. The first-order chi connectivity index (χ1) is 5.63. The first-order valence-electron chi connectivity index (χ1n) is 3.59. The number of nitrogens with two attached hydrogens (primary N) is 1. The van der Waals surface area contributed by atoms with Gasteiger partial charge in [0.15, 0.2) is 0 Å². The van der Waals surface area contributed by atoms with Crippen LogP contribution < -0.4 is 10.6 Å². The van der Waals surface area contributed by atoms with Crippen LogP contribution in [0.5, 0.6) is 0 Å². The minimum absolute atomic E-state index is 0.0480. The van der Waals surface area contributed by atoms with E-state index >= 15 is 0 Å². The maximum absolute atomic E-state index is 7.28. The van der Waals surface area contributed by atoms with Crippen LogP contribution in [0, 0.1) is 5.41 Å². The summed E-state index contributed by atoms with van der Waals surface area (Å²) in [6, 6.07) is 3.55. The Bertz CT molecular complexity index is 293. The van der Waals surface area contributed by atoms with Crippen molar-refractivity contribution in [1.82, 2.24) is 4.98 Å². The molecular weight excluding hydrogens is 152 g/mol. The van der Waals surface area contributed by atoms with E-state index in [0.717, 1.165) is 5.82 Å². The molecular formula is C8H12N4. The molecule has 3 N–H and O–H groups in total. The first-order valence-corrected chi connectivity index (χ1v) is 3.59. The molecule has 4 nitrogen and oxygen atoms in total. The van der Waals surface area contributed by atoms with Crippen molar-refractivity contribution in [3.05, 3.63) is 23.9 Å². The fourth-order valence-electron chi connectivity index (χ4n) is 0.964. The van der Waals surface area contributed by atoms with Crippen molar-refractivity contribution in [2.75, 3.05) is 19.0 Å². The Morgan fingerprint density at radius 1 is 1.58 bits per heavy atom. The van der Waals surface area contributed by atoms with E-state index in [0.29, 0.717) is 5.56 Å². The van der Waals surface area contributed by atoms with Crippen molar-refractivity contribution < 1.29 is 0 Å². The molecule has 1 heterocycles. The van der Waals surface area contributed by atoms with Crippen molar-refractivity contribution in [3.8, 4) is 0 Å². The number of rotatable bonds is 2. The monoisotopic (exact) mass is 164 g/mol. The van der Waals surface area contributed by atoms with E-state index in [2.05, 4.69) is 4.98 Å². The third-order valence-corrected chi connectivity index (χ3v) is 1.50. The summed E-state index contributed by atoms with van der Waals surface area (Å²) >= 11 is 0.